The fraction of sp³-hybridized carbons (Fsp3) is 0.500. The third-order valence-corrected chi connectivity index (χ3v) is 5.14. The number of hydrogen-bond donors (Lipinski definition) is 2. The summed E-state index contributed by atoms with van der Waals surface area (Å²) in [5.41, 5.74) is 2.11. The second kappa shape index (κ2) is 12.7. The minimum Gasteiger partial charge on any atom is -0.496 e. The quantitative estimate of drug-likeness (QED) is 0.290. The number of guanidine groups is 1. The highest BCUT2D eigenvalue weighted by molar-refractivity contribution is 14.0. The Morgan fingerprint density at radius 3 is 2.24 bits per heavy atom. The van der Waals surface area contributed by atoms with Crippen molar-refractivity contribution >= 4 is 41.3 Å². The van der Waals surface area contributed by atoms with Crippen LogP contribution in [-0.2, 0) is 13.0 Å². The molecule has 0 spiro atoms. The average Bonchev–Trinajstić information content (AvgIpc) is 3.19. The number of thiazole rings is 1. The molecule has 0 aliphatic heterocycles. The second-order valence-electron chi connectivity index (χ2n) is 6.43. The minimum absolute atomic E-state index is 0. The minimum atomic E-state index is 0. The lowest BCUT2D eigenvalue weighted by Gasteiger charge is -2.16. The van der Waals surface area contributed by atoms with E-state index in [0.717, 1.165) is 33.7 Å². The van der Waals surface area contributed by atoms with Crippen LogP contribution >= 0.6 is 35.3 Å². The molecule has 0 unspecified atom stereocenters. The molecule has 2 rings (SSSR count). The van der Waals surface area contributed by atoms with E-state index < -0.39 is 0 Å². The van der Waals surface area contributed by atoms with E-state index in [2.05, 4.69) is 39.8 Å². The number of methoxy groups -OCH3 is 3. The van der Waals surface area contributed by atoms with Gasteiger partial charge in [0.2, 0.25) is 0 Å². The lowest BCUT2D eigenvalue weighted by atomic mass is 10.1. The molecule has 0 aliphatic rings. The topological polar surface area (TPSA) is 77.0 Å². The van der Waals surface area contributed by atoms with Gasteiger partial charge in [-0.25, -0.2) is 4.98 Å². The zero-order valence-corrected chi connectivity index (χ0v) is 21.0. The van der Waals surface area contributed by atoms with Crippen LogP contribution in [0.15, 0.2) is 22.5 Å². The average molecular weight is 534 g/mol. The van der Waals surface area contributed by atoms with Crippen molar-refractivity contribution in [1.82, 2.24) is 15.6 Å². The molecule has 0 atom stereocenters. The van der Waals surface area contributed by atoms with Crippen LogP contribution in [0.3, 0.4) is 0 Å². The predicted molar refractivity (Wildman–Crippen MR) is 130 cm³/mol. The highest BCUT2D eigenvalue weighted by Crippen LogP contribution is 2.34. The molecule has 1 aromatic carbocycles. The Hall–Kier alpha value is -1.75. The lowest BCUT2D eigenvalue weighted by Crippen LogP contribution is -2.37. The zero-order chi connectivity index (χ0) is 20.5. The van der Waals surface area contributed by atoms with Crippen LogP contribution in [0.2, 0.25) is 0 Å². The van der Waals surface area contributed by atoms with Crippen molar-refractivity contribution in [3.05, 3.63) is 33.8 Å². The number of nitrogens with zero attached hydrogens (tertiary/aromatic N) is 2. The number of benzene rings is 1. The van der Waals surface area contributed by atoms with Crippen molar-refractivity contribution in [1.29, 1.82) is 0 Å². The normalized spacial score (nSPS) is 11.1. The Morgan fingerprint density at radius 2 is 1.76 bits per heavy atom. The molecule has 0 radical (unpaired) electrons. The molecule has 9 heteroatoms. The van der Waals surface area contributed by atoms with Crippen molar-refractivity contribution in [3.63, 3.8) is 0 Å². The van der Waals surface area contributed by atoms with Crippen LogP contribution in [0.25, 0.3) is 0 Å². The number of rotatable bonds is 9. The molecule has 2 N–H and O–H groups in total. The van der Waals surface area contributed by atoms with Gasteiger partial charge in [-0.1, -0.05) is 13.8 Å². The first kappa shape index (κ1) is 25.3. The summed E-state index contributed by atoms with van der Waals surface area (Å²) in [6, 6.07) is 3.72. The Balaban J connectivity index is 0.00000420. The van der Waals surface area contributed by atoms with Gasteiger partial charge in [-0.2, -0.15) is 0 Å². The molecule has 7 nitrogen and oxygen atoms in total. The van der Waals surface area contributed by atoms with E-state index in [1.807, 2.05) is 12.1 Å². The smallest absolute Gasteiger partial charge is 0.191 e. The van der Waals surface area contributed by atoms with Gasteiger partial charge >= 0.3 is 0 Å². The van der Waals surface area contributed by atoms with Crippen LogP contribution in [-0.4, -0.2) is 45.9 Å². The number of halogens is 1. The fourth-order valence-corrected chi connectivity index (χ4v) is 3.58. The highest BCUT2D eigenvalue weighted by Gasteiger charge is 2.13. The van der Waals surface area contributed by atoms with Crippen molar-refractivity contribution in [3.8, 4) is 17.2 Å². The Labute approximate surface area is 194 Å². The van der Waals surface area contributed by atoms with Crippen LogP contribution in [0.4, 0.5) is 0 Å². The van der Waals surface area contributed by atoms with Gasteiger partial charge < -0.3 is 24.8 Å². The summed E-state index contributed by atoms with van der Waals surface area (Å²) in [7, 11) is 6.67. The molecule has 0 fully saturated rings. The largest absolute Gasteiger partial charge is 0.496 e. The molecule has 0 aliphatic carbocycles. The van der Waals surface area contributed by atoms with E-state index in [1.54, 1.807) is 39.7 Å². The fourth-order valence-electron chi connectivity index (χ4n) is 2.68. The Morgan fingerprint density at radius 1 is 1.10 bits per heavy atom. The molecular formula is C20H31IN4O3S. The molecular weight excluding hydrogens is 503 g/mol. The van der Waals surface area contributed by atoms with Crippen LogP contribution in [0.1, 0.15) is 36.0 Å². The molecule has 162 valence electrons. The van der Waals surface area contributed by atoms with Gasteiger partial charge in [-0.05, 0) is 12.3 Å². The first-order chi connectivity index (χ1) is 13.5. The summed E-state index contributed by atoms with van der Waals surface area (Å²) in [5.74, 6) is 3.35. The monoisotopic (exact) mass is 534 g/mol. The van der Waals surface area contributed by atoms with Gasteiger partial charge in [-0.15, -0.1) is 35.3 Å². The number of aliphatic imine (C=N–C) groups is 1. The summed E-state index contributed by atoms with van der Waals surface area (Å²) in [6.07, 6.45) is 0.714. The zero-order valence-electron chi connectivity index (χ0n) is 17.9. The molecule has 0 amide bonds. The maximum absolute atomic E-state index is 5.50. The van der Waals surface area contributed by atoms with Gasteiger partial charge in [0.25, 0.3) is 0 Å². The van der Waals surface area contributed by atoms with E-state index >= 15 is 0 Å². The van der Waals surface area contributed by atoms with Gasteiger partial charge in [-0.3, -0.25) is 4.99 Å². The van der Waals surface area contributed by atoms with E-state index in [0.29, 0.717) is 31.2 Å². The number of ether oxygens (including phenoxy) is 3. The van der Waals surface area contributed by atoms with Crippen molar-refractivity contribution < 1.29 is 14.2 Å². The van der Waals surface area contributed by atoms with Crippen molar-refractivity contribution in [2.75, 3.05) is 34.9 Å². The summed E-state index contributed by atoms with van der Waals surface area (Å²) in [4.78, 5) is 8.91. The second-order valence-corrected chi connectivity index (χ2v) is 7.38. The van der Waals surface area contributed by atoms with E-state index in [1.165, 1.54) is 0 Å². The Bertz CT molecular complexity index is 771. The van der Waals surface area contributed by atoms with Gasteiger partial charge in [0, 0.05) is 36.7 Å². The highest BCUT2D eigenvalue weighted by atomic mass is 127. The number of nitrogens with one attached hydrogen (secondary N) is 2. The summed E-state index contributed by atoms with van der Waals surface area (Å²) >= 11 is 1.66. The van der Waals surface area contributed by atoms with Gasteiger partial charge in [0.15, 0.2) is 5.96 Å². The molecule has 0 saturated heterocycles. The third kappa shape index (κ3) is 7.22. The maximum atomic E-state index is 5.50. The molecule has 0 saturated carbocycles. The van der Waals surface area contributed by atoms with Crippen LogP contribution < -0.4 is 24.8 Å². The van der Waals surface area contributed by atoms with Crippen LogP contribution in [0.5, 0.6) is 17.2 Å². The van der Waals surface area contributed by atoms with Gasteiger partial charge in [0.1, 0.15) is 22.3 Å². The first-order valence-electron chi connectivity index (χ1n) is 9.20. The van der Waals surface area contributed by atoms with Crippen molar-refractivity contribution in [2.45, 2.75) is 32.7 Å². The van der Waals surface area contributed by atoms with Crippen LogP contribution in [0, 0.1) is 0 Å². The lowest BCUT2D eigenvalue weighted by molar-refractivity contribution is 0.368. The van der Waals surface area contributed by atoms with E-state index in [-0.39, 0.29) is 24.0 Å². The Kier molecular flexibility index (Phi) is 11.1. The summed E-state index contributed by atoms with van der Waals surface area (Å²) < 4.78 is 16.3. The third-order valence-electron chi connectivity index (χ3n) is 4.28. The number of aromatic nitrogens is 1. The molecule has 1 heterocycles. The number of hydrogen-bond acceptors (Lipinski definition) is 6. The van der Waals surface area contributed by atoms with E-state index in [9.17, 15) is 0 Å². The molecule has 2 aromatic rings. The van der Waals surface area contributed by atoms with E-state index in [4.69, 9.17) is 14.2 Å². The standard InChI is InChI=1S/C20H30N4O3S.HI/c1-13(2)16-12-28-19(24-16)11-23-20(21-3)22-8-7-15-17(26-5)9-14(25-4)10-18(15)27-6;/h9-10,12-13H,7-8,11H2,1-6H3,(H2,21,22,23);1H. The summed E-state index contributed by atoms with van der Waals surface area (Å²) in [5, 5.41) is 9.78. The van der Waals surface area contributed by atoms with Gasteiger partial charge in [0.05, 0.1) is 33.6 Å². The first-order valence-corrected chi connectivity index (χ1v) is 10.1. The summed E-state index contributed by atoms with van der Waals surface area (Å²) in [6.45, 7) is 5.61. The molecule has 1 aromatic heterocycles. The van der Waals surface area contributed by atoms with Crippen molar-refractivity contribution in [2.24, 2.45) is 4.99 Å². The maximum Gasteiger partial charge on any atom is 0.191 e. The predicted octanol–water partition coefficient (Wildman–Crippen LogP) is 3.82. The molecule has 29 heavy (non-hydrogen) atoms. The SMILES string of the molecule is CN=C(NCCc1c(OC)cc(OC)cc1OC)NCc1nc(C(C)C)cs1.I. The molecule has 0 bridgehead atoms.